The van der Waals surface area contributed by atoms with Crippen molar-refractivity contribution in [2.24, 2.45) is 5.92 Å². The van der Waals surface area contributed by atoms with Gasteiger partial charge in [0.2, 0.25) is 15.9 Å². The number of hydrogen-bond donors (Lipinski definition) is 1. The van der Waals surface area contributed by atoms with Gasteiger partial charge < -0.3 is 5.32 Å². The van der Waals surface area contributed by atoms with Gasteiger partial charge in [-0.1, -0.05) is 41.2 Å². The summed E-state index contributed by atoms with van der Waals surface area (Å²) in [4.78, 5) is 25.1. The molecule has 0 atom stereocenters. The van der Waals surface area contributed by atoms with Crippen LogP contribution in [-0.2, 0) is 20.6 Å². The maximum absolute atomic E-state index is 12.8. The van der Waals surface area contributed by atoms with Gasteiger partial charge >= 0.3 is 4.87 Å². The fourth-order valence-electron chi connectivity index (χ4n) is 4.23. The zero-order valence-corrected chi connectivity index (χ0v) is 20.7. The van der Waals surface area contributed by atoms with Gasteiger partial charge in [-0.25, -0.2) is 12.7 Å². The number of sulfonamides is 1. The minimum atomic E-state index is -3.42. The van der Waals surface area contributed by atoms with E-state index in [0.29, 0.717) is 31.6 Å². The van der Waals surface area contributed by atoms with E-state index in [1.807, 2.05) is 63.2 Å². The lowest BCUT2D eigenvalue weighted by Crippen LogP contribution is -2.41. The summed E-state index contributed by atoms with van der Waals surface area (Å²) >= 11 is 1.17. The highest BCUT2D eigenvalue weighted by Crippen LogP contribution is 2.26. The Morgan fingerprint density at radius 3 is 2.42 bits per heavy atom. The molecule has 2 heterocycles. The summed E-state index contributed by atoms with van der Waals surface area (Å²) in [7, 11) is -3.42. The summed E-state index contributed by atoms with van der Waals surface area (Å²) < 4.78 is 29.7. The first-order chi connectivity index (χ1) is 15.6. The Morgan fingerprint density at radius 1 is 1.12 bits per heavy atom. The van der Waals surface area contributed by atoms with Crippen molar-refractivity contribution in [3.63, 3.8) is 0 Å². The van der Waals surface area contributed by atoms with E-state index in [9.17, 15) is 18.0 Å². The van der Waals surface area contributed by atoms with Crippen molar-refractivity contribution >= 4 is 43.2 Å². The van der Waals surface area contributed by atoms with E-state index < -0.39 is 10.0 Å². The summed E-state index contributed by atoms with van der Waals surface area (Å²) in [5.74, 6) is -0.380. The SMILES string of the molecule is Cc1ccc(CS(=O)(=O)N2CCC(C(=O)Nc3ccc4c(c3)sc(=O)n4C(C)C)CC2)cc1. The van der Waals surface area contributed by atoms with Crippen LogP contribution in [0.15, 0.2) is 47.3 Å². The lowest BCUT2D eigenvalue weighted by atomic mass is 9.97. The molecular weight excluding hydrogens is 458 g/mol. The Balaban J connectivity index is 1.37. The molecule has 0 aliphatic carbocycles. The van der Waals surface area contributed by atoms with Crippen molar-refractivity contribution in [2.45, 2.75) is 45.4 Å². The van der Waals surface area contributed by atoms with Crippen LogP contribution in [0.5, 0.6) is 0 Å². The van der Waals surface area contributed by atoms with E-state index in [-0.39, 0.29) is 28.5 Å². The molecule has 0 spiro atoms. The first kappa shape index (κ1) is 23.7. The quantitative estimate of drug-likeness (QED) is 0.566. The average molecular weight is 488 g/mol. The maximum atomic E-state index is 12.8. The summed E-state index contributed by atoms with van der Waals surface area (Å²) in [6.45, 7) is 6.58. The standard InChI is InChI=1S/C24H29N3O4S2/c1-16(2)27-21-9-8-20(14-22(21)32-24(27)29)25-23(28)19-10-12-26(13-11-19)33(30,31)15-18-6-4-17(3)5-7-18/h4-9,14,16,19H,10-13,15H2,1-3H3,(H,25,28). The predicted molar refractivity (Wildman–Crippen MR) is 133 cm³/mol. The Hall–Kier alpha value is -2.49. The molecule has 7 nitrogen and oxygen atoms in total. The third-order valence-corrected chi connectivity index (χ3v) is 8.85. The second-order valence-corrected chi connectivity index (χ2v) is 11.9. The monoisotopic (exact) mass is 487 g/mol. The number of benzene rings is 2. The lowest BCUT2D eigenvalue weighted by molar-refractivity contribution is -0.120. The van der Waals surface area contributed by atoms with Gasteiger partial charge in [0, 0.05) is 30.7 Å². The molecule has 1 amide bonds. The van der Waals surface area contributed by atoms with Gasteiger partial charge in [-0.05, 0) is 57.4 Å². The number of nitrogens with zero attached hydrogens (tertiary/aromatic N) is 2. The number of amides is 1. The fourth-order valence-corrected chi connectivity index (χ4v) is 6.85. The Bertz CT molecular complexity index is 1320. The topological polar surface area (TPSA) is 88.5 Å². The Labute approximate surface area is 198 Å². The van der Waals surface area contributed by atoms with Crippen LogP contribution in [0.1, 0.15) is 43.9 Å². The zero-order valence-electron chi connectivity index (χ0n) is 19.1. The fraction of sp³-hybridized carbons (Fsp3) is 0.417. The van der Waals surface area contributed by atoms with Crippen LogP contribution in [0.25, 0.3) is 10.2 Å². The molecule has 2 aromatic carbocycles. The molecule has 1 aliphatic rings. The van der Waals surface area contributed by atoms with Crippen LogP contribution in [-0.4, -0.2) is 36.3 Å². The van der Waals surface area contributed by atoms with Crippen molar-refractivity contribution in [3.8, 4) is 0 Å². The molecule has 0 unspecified atom stereocenters. The first-order valence-corrected chi connectivity index (χ1v) is 13.6. The second kappa shape index (κ2) is 9.40. The molecule has 9 heteroatoms. The minimum Gasteiger partial charge on any atom is -0.326 e. The van der Waals surface area contributed by atoms with E-state index in [1.165, 1.54) is 15.6 Å². The van der Waals surface area contributed by atoms with Crippen LogP contribution in [0.2, 0.25) is 0 Å². The van der Waals surface area contributed by atoms with Crippen molar-refractivity contribution in [3.05, 3.63) is 63.3 Å². The van der Waals surface area contributed by atoms with Gasteiger partial charge in [0.25, 0.3) is 0 Å². The number of aryl methyl sites for hydroxylation is 1. The normalized spacial score (nSPS) is 15.9. The van der Waals surface area contributed by atoms with Crippen molar-refractivity contribution < 1.29 is 13.2 Å². The minimum absolute atomic E-state index is 0.0114. The van der Waals surface area contributed by atoms with E-state index in [0.717, 1.165) is 21.3 Å². The van der Waals surface area contributed by atoms with Crippen molar-refractivity contribution in [2.75, 3.05) is 18.4 Å². The van der Waals surface area contributed by atoms with Crippen molar-refractivity contribution in [1.82, 2.24) is 8.87 Å². The number of thiazole rings is 1. The highest BCUT2D eigenvalue weighted by Gasteiger charge is 2.31. The molecule has 1 saturated heterocycles. The Kier molecular flexibility index (Phi) is 6.74. The highest BCUT2D eigenvalue weighted by atomic mass is 32.2. The third kappa shape index (κ3) is 5.20. The zero-order chi connectivity index (χ0) is 23.8. The summed E-state index contributed by atoms with van der Waals surface area (Å²) in [6, 6.07) is 13.1. The molecule has 1 N–H and O–H groups in total. The van der Waals surface area contributed by atoms with Gasteiger partial charge in [-0.3, -0.25) is 14.2 Å². The predicted octanol–water partition coefficient (Wildman–Crippen LogP) is 4.13. The molecule has 3 aromatic rings. The van der Waals surface area contributed by atoms with Gasteiger partial charge in [0.05, 0.1) is 16.0 Å². The third-order valence-electron chi connectivity index (χ3n) is 6.09. The van der Waals surface area contributed by atoms with Gasteiger partial charge in [0.1, 0.15) is 0 Å². The largest absolute Gasteiger partial charge is 0.326 e. The second-order valence-electron chi connectivity index (χ2n) is 8.92. The number of piperidine rings is 1. The Morgan fingerprint density at radius 2 is 1.79 bits per heavy atom. The lowest BCUT2D eigenvalue weighted by Gasteiger charge is -2.30. The molecule has 0 saturated carbocycles. The van der Waals surface area contributed by atoms with Gasteiger partial charge in [0.15, 0.2) is 0 Å². The molecule has 33 heavy (non-hydrogen) atoms. The molecule has 0 radical (unpaired) electrons. The number of carbonyl (C=O) groups excluding carboxylic acids is 1. The molecule has 1 fully saturated rings. The molecular formula is C24H29N3O4S2. The van der Waals surface area contributed by atoms with E-state index in [4.69, 9.17) is 0 Å². The van der Waals surface area contributed by atoms with Crippen LogP contribution in [0, 0.1) is 12.8 Å². The molecule has 4 rings (SSSR count). The number of rotatable bonds is 6. The number of anilines is 1. The molecule has 176 valence electrons. The average Bonchev–Trinajstić information content (AvgIpc) is 3.10. The molecule has 0 bridgehead atoms. The summed E-state index contributed by atoms with van der Waals surface area (Å²) in [5.41, 5.74) is 3.38. The molecule has 1 aliphatic heterocycles. The van der Waals surface area contributed by atoms with E-state index >= 15 is 0 Å². The van der Waals surface area contributed by atoms with E-state index in [1.54, 1.807) is 4.57 Å². The number of nitrogens with one attached hydrogen (secondary N) is 1. The number of fused-ring (bicyclic) bond motifs is 1. The van der Waals surface area contributed by atoms with Crippen molar-refractivity contribution in [1.29, 1.82) is 0 Å². The number of carbonyl (C=O) groups is 1. The number of hydrogen-bond acceptors (Lipinski definition) is 5. The summed E-state index contributed by atoms with van der Waals surface area (Å²) in [5, 5.41) is 2.95. The number of aromatic nitrogens is 1. The maximum Gasteiger partial charge on any atom is 0.308 e. The van der Waals surface area contributed by atoms with Crippen LogP contribution in [0.3, 0.4) is 0 Å². The van der Waals surface area contributed by atoms with E-state index in [2.05, 4.69) is 5.32 Å². The smallest absolute Gasteiger partial charge is 0.308 e. The van der Waals surface area contributed by atoms with Gasteiger partial charge in [-0.15, -0.1) is 0 Å². The highest BCUT2D eigenvalue weighted by molar-refractivity contribution is 7.88. The van der Waals surface area contributed by atoms with Gasteiger partial charge in [-0.2, -0.15) is 0 Å². The van der Waals surface area contributed by atoms with Crippen LogP contribution < -0.4 is 10.2 Å². The summed E-state index contributed by atoms with van der Waals surface area (Å²) in [6.07, 6.45) is 0.969. The molecule has 1 aromatic heterocycles. The van der Waals surface area contributed by atoms with Crippen LogP contribution >= 0.6 is 11.3 Å². The first-order valence-electron chi connectivity index (χ1n) is 11.1. The van der Waals surface area contributed by atoms with Crippen LogP contribution in [0.4, 0.5) is 5.69 Å².